The number of hydrogen-bond donors (Lipinski definition) is 2. The van der Waals surface area contributed by atoms with E-state index in [1.54, 1.807) is 12.1 Å². The Morgan fingerprint density at radius 2 is 2.05 bits per heavy atom. The Hall–Kier alpha value is -2.00. The predicted octanol–water partition coefficient (Wildman–Crippen LogP) is 3.51. The number of hydrogen-bond acceptors (Lipinski definition) is 2. The molecule has 0 saturated heterocycles. The van der Waals surface area contributed by atoms with Gasteiger partial charge in [0.25, 0.3) is 0 Å². The summed E-state index contributed by atoms with van der Waals surface area (Å²) in [7, 11) is 0. The maximum absolute atomic E-state index is 7.39. The third-order valence-corrected chi connectivity index (χ3v) is 3.08. The van der Waals surface area contributed by atoms with Crippen molar-refractivity contribution in [2.24, 2.45) is 5.73 Å². The highest BCUT2D eigenvalue weighted by Gasteiger charge is 2.03. The topological polar surface area (TPSA) is 59.1 Å². The van der Waals surface area contributed by atoms with Gasteiger partial charge in [-0.2, -0.15) is 0 Å². The summed E-state index contributed by atoms with van der Waals surface area (Å²) in [5.74, 6) is 0.813. The van der Waals surface area contributed by atoms with Crippen molar-refractivity contribution in [3.63, 3.8) is 0 Å². The van der Waals surface area contributed by atoms with Crippen molar-refractivity contribution in [1.29, 1.82) is 5.41 Å². The smallest absolute Gasteiger partial charge is 0.122 e. The average Bonchev–Trinajstić information content (AvgIpc) is 2.37. The summed E-state index contributed by atoms with van der Waals surface area (Å²) in [6.07, 6.45) is 0. The molecule has 98 valence electrons. The van der Waals surface area contributed by atoms with Crippen molar-refractivity contribution in [3.05, 3.63) is 64.2 Å². The van der Waals surface area contributed by atoms with E-state index in [4.69, 9.17) is 27.5 Å². The molecule has 2 aromatic carbocycles. The highest BCUT2D eigenvalue weighted by atomic mass is 35.5. The van der Waals surface area contributed by atoms with Crippen LogP contribution in [0.3, 0.4) is 0 Å². The molecule has 3 nitrogen and oxygen atoms in total. The molecule has 0 fully saturated rings. The Kier molecular flexibility index (Phi) is 4.07. The van der Waals surface area contributed by atoms with Crippen molar-refractivity contribution < 1.29 is 4.74 Å². The number of ether oxygens (including phenoxy) is 1. The number of rotatable bonds is 4. The first-order valence-corrected chi connectivity index (χ1v) is 6.26. The van der Waals surface area contributed by atoms with Gasteiger partial charge in [-0.05, 0) is 42.3 Å². The molecule has 0 saturated carbocycles. The fourth-order valence-electron chi connectivity index (χ4n) is 1.74. The Morgan fingerprint density at radius 1 is 1.26 bits per heavy atom. The lowest BCUT2D eigenvalue weighted by Crippen LogP contribution is -2.11. The third kappa shape index (κ3) is 3.48. The van der Waals surface area contributed by atoms with Gasteiger partial charge in [0.1, 0.15) is 18.2 Å². The van der Waals surface area contributed by atoms with E-state index in [-0.39, 0.29) is 5.84 Å². The van der Waals surface area contributed by atoms with Crippen LogP contribution < -0.4 is 10.5 Å². The zero-order chi connectivity index (χ0) is 13.8. The Bertz CT molecular complexity index is 611. The SMILES string of the molecule is Cc1cc(C(=N)N)ccc1COc1cccc(Cl)c1. The number of aryl methyl sites for hydroxylation is 1. The fourth-order valence-corrected chi connectivity index (χ4v) is 1.92. The molecule has 2 rings (SSSR count). The minimum absolute atomic E-state index is 0.0745. The van der Waals surface area contributed by atoms with E-state index in [2.05, 4.69) is 0 Å². The van der Waals surface area contributed by atoms with Crippen LogP contribution in [-0.2, 0) is 6.61 Å². The molecule has 0 bridgehead atoms. The number of amidine groups is 1. The molecular formula is C15H15ClN2O. The lowest BCUT2D eigenvalue weighted by Gasteiger charge is -2.10. The van der Waals surface area contributed by atoms with Gasteiger partial charge in [0.15, 0.2) is 0 Å². The van der Waals surface area contributed by atoms with Gasteiger partial charge in [-0.25, -0.2) is 0 Å². The first kappa shape index (κ1) is 13.4. The van der Waals surface area contributed by atoms with Crippen molar-refractivity contribution in [3.8, 4) is 5.75 Å². The van der Waals surface area contributed by atoms with E-state index in [0.717, 1.165) is 22.4 Å². The largest absolute Gasteiger partial charge is 0.489 e. The number of nitrogen functional groups attached to an aromatic ring is 1. The monoisotopic (exact) mass is 274 g/mol. The van der Waals surface area contributed by atoms with Gasteiger partial charge in [0.2, 0.25) is 0 Å². The standard InChI is InChI=1S/C15H15ClN2O/c1-10-7-11(15(17)18)5-6-12(10)9-19-14-4-2-3-13(16)8-14/h2-8H,9H2,1H3,(H3,17,18). The van der Waals surface area contributed by atoms with Gasteiger partial charge >= 0.3 is 0 Å². The van der Waals surface area contributed by atoms with Gasteiger partial charge < -0.3 is 10.5 Å². The second kappa shape index (κ2) is 5.76. The van der Waals surface area contributed by atoms with Gasteiger partial charge in [-0.1, -0.05) is 29.8 Å². The van der Waals surface area contributed by atoms with Crippen LogP contribution in [0.2, 0.25) is 5.02 Å². The molecule has 3 N–H and O–H groups in total. The number of halogens is 1. The second-order valence-electron chi connectivity index (χ2n) is 4.30. The summed E-state index contributed by atoms with van der Waals surface area (Å²) in [6.45, 7) is 2.44. The zero-order valence-corrected chi connectivity index (χ0v) is 11.4. The fraction of sp³-hybridized carbons (Fsp3) is 0.133. The summed E-state index contributed by atoms with van der Waals surface area (Å²) < 4.78 is 5.68. The van der Waals surface area contributed by atoms with E-state index >= 15 is 0 Å². The van der Waals surface area contributed by atoms with E-state index in [9.17, 15) is 0 Å². The summed E-state index contributed by atoms with van der Waals surface area (Å²) in [4.78, 5) is 0. The summed E-state index contributed by atoms with van der Waals surface area (Å²) in [6, 6.07) is 12.9. The number of benzene rings is 2. The Balaban J connectivity index is 2.10. The normalized spacial score (nSPS) is 10.2. The Morgan fingerprint density at radius 3 is 2.68 bits per heavy atom. The second-order valence-corrected chi connectivity index (χ2v) is 4.74. The van der Waals surface area contributed by atoms with Crippen LogP contribution in [0.5, 0.6) is 5.75 Å². The van der Waals surface area contributed by atoms with E-state index in [1.807, 2.05) is 37.3 Å². The van der Waals surface area contributed by atoms with E-state index in [1.165, 1.54) is 0 Å². The number of nitrogens with two attached hydrogens (primary N) is 1. The first-order valence-electron chi connectivity index (χ1n) is 5.88. The molecule has 0 spiro atoms. The summed E-state index contributed by atoms with van der Waals surface area (Å²) in [5.41, 5.74) is 8.29. The highest BCUT2D eigenvalue weighted by Crippen LogP contribution is 2.19. The zero-order valence-electron chi connectivity index (χ0n) is 10.6. The molecule has 19 heavy (non-hydrogen) atoms. The van der Waals surface area contributed by atoms with Gasteiger partial charge in [-0.15, -0.1) is 0 Å². The predicted molar refractivity (Wildman–Crippen MR) is 78.0 cm³/mol. The molecule has 0 unspecified atom stereocenters. The minimum Gasteiger partial charge on any atom is -0.489 e. The van der Waals surface area contributed by atoms with Gasteiger partial charge in [0.05, 0.1) is 0 Å². The van der Waals surface area contributed by atoms with Crippen molar-refractivity contribution in [2.75, 3.05) is 0 Å². The molecule has 4 heteroatoms. The molecule has 0 amide bonds. The highest BCUT2D eigenvalue weighted by molar-refractivity contribution is 6.30. The van der Waals surface area contributed by atoms with Gasteiger partial charge in [0, 0.05) is 10.6 Å². The van der Waals surface area contributed by atoms with Gasteiger partial charge in [-0.3, -0.25) is 5.41 Å². The van der Waals surface area contributed by atoms with Crippen LogP contribution in [0.4, 0.5) is 0 Å². The summed E-state index contributed by atoms with van der Waals surface area (Å²) in [5, 5.41) is 8.05. The average molecular weight is 275 g/mol. The maximum Gasteiger partial charge on any atom is 0.122 e. The third-order valence-electron chi connectivity index (χ3n) is 2.84. The van der Waals surface area contributed by atoms with Crippen molar-refractivity contribution in [2.45, 2.75) is 13.5 Å². The van der Waals surface area contributed by atoms with E-state index in [0.29, 0.717) is 11.6 Å². The van der Waals surface area contributed by atoms with Crippen LogP contribution in [0.1, 0.15) is 16.7 Å². The van der Waals surface area contributed by atoms with Crippen LogP contribution in [0.25, 0.3) is 0 Å². The molecule has 0 heterocycles. The molecule has 0 aliphatic carbocycles. The first-order chi connectivity index (χ1) is 9.06. The molecule has 0 aliphatic heterocycles. The lowest BCUT2D eigenvalue weighted by atomic mass is 10.1. The maximum atomic E-state index is 7.39. The van der Waals surface area contributed by atoms with Crippen LogP contribution >= 0.6 is 11.6 Å². The Labute approximate surface area is 117 Å². The molecular weight excluding hydrogens is 260 g/mol. The molecule has 0 aliphatic rings. The molecule has 0 atom stereocenters. The minimum atomic E-state index is 0.0745. The quantitative estimate of drug-likeness (QED) is 0.662. The molecule has 2 aromatic rings. The van der Waals surface area contributed by atoms with Crippen LogP contribution in [0, 0.1) is 12.3 Å². The lowest BCUT2D eigenvalue weighted by molar-refractivity contribution is 0.305. The molecule has 0 radical (unpaired) electrons. The van der Waals surface area contributed by atoms with Crippen molar-refractivity contribution >= 4 is 17.4 Å². The summed E-state index contributed by atoms with van der Waals surface area (Å²) >= 11 is 5.90. The van der Waals surface area contributed by atoms with Crippen LogP contribution in [-0.4, -0.2) is 5.84 Å². The molecule has 0 aromatic heterocycles. The number of nitrogens with one attached hydrogen (secondary N) is 1. The van der Waals surface area contributed by atoms with E-state index < -0.39 is 0 Å². The van der Waals surface area contributed by atoms with Crippen molar-refractivity contribution in [1.82, 2.24) is 0 Å². The van der Waals surface area contributed by atoms with Crippen LogP contribution in [0.15, 0.2) is 42.5 Å².